The second kappa shape index (κ2) is 10.2. The molecule has 8 heteroatoms. The molecule has 1 aromatic carbocycles. The van der Waals surface area contributed by atoms with Crippen LogP contribution in [0.3, 0.4) is 0 Å². The van der Waals surface area contributed by atoms with Crippen molar-refractivity contribution in [2.45, 2.75) is 76.9 Å². The van der Waals surface area contributed by atoms with Gasteiger partial charge in [-0.05, 0) is 46.2 Å². The van der Waals surface area contributed by atoms with Gasteiger partial charge in [-0.1, -0.05) is 31.9 Å². The Balaban J connectivity index is 2.13. The number of unbranched alkanes of at least 4 members (excludes halogenated alkanes) is 1. The molecule has 1 atom stereocenters. The minimum absolute atomic E-state index is 0.165. The Bertz CT molecular complexity index is 826. The fourth-order valence-electron chi connectivity index (χ4n) is 3.58. The third-order valence-electron chi connectivity index (χ3n) is 5.08. The van der Waals surface area contributed by atoms with Crippen molar-refractivity contribution in [3.05, 3.63) is 29.8 Å². The third kappa shape index (κ3) is 6.02. The van der Waals surface area contributed by atoms with Crippen molar-refractivity contribution in [1.82, 2.24) is 14.9 Å². The van der Waals surface area contributed by atoms with Gasteiger partial charge in [0.15, 0.2) is 0 Å². The van der Waals surface area contributed by atoms with Crippen molar-refractivity contribution >= 4 is 21.8 Å². The molecule has 2 N–H and O–H groups in total. The maximum absolute atomic E-state index is 12.8. The van der Waals surface area contributed by atoms with Crippen molar-refractivity contribution < 1.29 is 13.2 Å². The monoisotopic (exact) mass is 422 g/mol. The fourth-order valence-corrected chi connectivity index (χ4v) is 4.82. The summed E-state index contributed by atoms with van der Waals surface area (Å²) in [5.41, 5.74) is 0.521. The van der Waals surface area contributed by atoms with Gasteiger partial charge in [0.1, 0.15) is 11.9 Å². The lowest BCUT2D eigenvalue weighted by Gasteiger charge is -2.30. The number of hydrogen-bond donors (Lipinski definition) is 2. The van der Waals surface area contributed by atoms with Crippen LogP contribution >= 0.6 is 0 Å². The molecule has 7 nitrogen and oxygen atoms in total. The highest BCUT2D eigenvalue weighted by atomic mass is 32.2. The van der Waals surface area contributed by atoms with Crippen molar-refractivity contribution in [3.8, 4) is 0 Å². The summed E-state index contributed by atoms with van der Waals surface area (Å²) in [7, 11) is -3.61. The first-order valence-corrected chi connectivity index (χ1v) is 11.9. The molecule has 0 aliphatic carbocycles. The van der Waals surface area contributed by atoms with E-state index in [2.05, 4.69) is 54.5 Å². The maximum Gasteiger partial charge on any atom is 0.263 e. The first-order chi connectivity index (χ1) is 13.7. The normalized spacial score (nSPS) is 17.6. The first kappa shape index (κ1) is 23.3. The zero-order valence-corrected chi connectivity index (χ0v) is 18.9. The van der Waals surface area contributed by atoms with Crippen LogP contribution in [-0.2, 0) is 14.8 Å². The highest BCUT2D eigenvalue weighted by Gasteiger charge is 2.31. The molecular formula is C21H34N4O3S. The predicted octanol–water partition coefficient (Wildman–Crippen LogP) is 2.52. The van der Waals surface area contributed by atoms with Crippen molar-refractivity contribution in [2.75, 3.05) is 13.1 Å². The summed E-state index contributed by atoms with van der Waals surface area (Å²) < 4.78 is 27.1. The lowest BCUT2D eigenvalue weighted by molar-refractivity contribution is -0.122. The van der Waals surface area contributed by atoms with Crippen molar-refractivity contribution in [1.29, 1.82) is 0 Å². The summed E-state index contributed by atoms with van der Waals surface area (Å²) in [6.07, 6.45) is 2.35. The van der Waals surface area contributed by atoms with Gasteiger partial charge in [-0.15, -0.1) is 0 Å². The number of hydrogen-bond acceptors (Lipinski definition) is 5. The second-order valence-electron chi connectivity index (χ2n) is 7.95. The summed E-state index contributed by atoms with van der Waals surface area (Å²) in [5, 5.41) is 2.99. The Morgan fingerprint density at radius 3 is 2.45 bits per heavy atom. The molecule has 0 saturated carbocycles. The summed E-state index contributed by atoms with van der Waals surface area (Å²) in [6.45, 7) is 11.9. The number of benzene rings is 1. The van der Waals surface area contributed by atoms with Gasteiger partial charge in [-0.25, -0.2) is 8.42 Å². The van der Waals surface area contributed by atoms with Gasteiger partial charge in [0.2, 0.25) is 5.91 Å². The van der Waals surface area contributed by atoms with E-state index in [1.165, 1.54) is 0 Å². The number of carbonyl (C=O) groups is 1. The van der Waals surface area contributed by atoms with Crippen LogP contribution in [0.2, 0.25) is 0 Å². The van der Waals surface area contributed by atoms with Gasteiger partial charge in [0.25, 0.3) is 10.0 Å². The Labute approximate surface area is 175 Å². The fraction of sp³-hybridized carbons (Fsp3) is 0.619. The number of amides is 1. The number of carbonyl (C=O) groups excluding carboxylic acids is 1. The Morgan fingerprint density at radius 2 is 1.83 bits per heavy atom. The maximum atomic E-state index is 12.8. The first-order valence-electron chi connectivity index (χ1n) is 10.4. The van der Waals surface area contributed by atoms with Gasteiger partial charge in [0, 0.05) is 30.7 Å². The van der Waals surface area contributed by atoms with Crippen molar-refractivity contribution in [2.24, 2.45) is 4.99 Å². The van der Waals surface area contributed by atoms with Gasteiger partial charge in [-0.3, -0.25) is 19.4 Å². The molecule has 0 saturated heterocycles. The molecular weight excluding hydrogens is 388 g/mol. The van der Waals surface area contributed by atoms with Crippen molar-refractivity contribution in [3.63, 3.8) is 0 Å². The summed E-state index contributed by atoms with van der Waals surface area (Å²) in [5.74, 6) is 0.0878. The van der Waals surface area contributed by atoms with E-state index in [1.807, 2.05) is 0 Å². The molecule has 0 radical (unpaired) electrons. The molecule has 0 bridgehead atoms. The van der Waals surface area contributed by atoms with E-state index < -0.39 is 16.1 Å². The van der Waals surface area contributed by atoms with E-state index in [4.69, 9.17) is 0 Å². The van der Waals surface area contributed by atoms with Gasteiger partial charge in [-0.2, -0.15) is 0 Å². The highest BCUT2D eigenvalue weighted by molar-refractivity contribution is 7.90. The number of amidine groups is 1. The molecule has 1 aliphatic rings. The standard InChI is InChI=1S/C21H34N4O3S/c1-6-7-11-18(21(26)22-13-14-25(15(2)3)16(4)5)23-20-17-10-8-9-12-19(17)29(27,28)24-20/h8-10,12,15-16,18H,6-7,11,13-14H2,1-5H3,(H,22,26)(H,23,24)/t18-/m1/s1. The quantitative estimate of drug-likeness (QED) is 0.606. The van der Waals surface area contributed by atoms with Crippen LogP contribution in [0, 0.1) is 0 Å². The van der Waals surface area contributed by atoms with Crippen LogP contribution in [0.5, 0.6) is 0 Å². The van der Waals surface area contributed by atoms with E-state index in [-0.39, 0.29) is 16.6 Å². The topological polar surface area (TPSA) is 90.9 Å². The zero-order chi connectivity index (χ0) is 21.6. The summed E-state index contributed by atoms with van der Waals surface area (Å²) in [6, 6.07) is 6.88. The highest BCUT2D eigenvalue weighted by Crippen LogP contribution is 2.23. The van der Waals surface area contributed by atoms with Gasteiger partial charge in [0.05, 0.1) is 4.90 Å². The largest absolute Gasteiger partial charge is 0.353 e. The SMILES string of the molecule is CCCC[C@@H](N=C1NS(=O)(=O)c2ccccc21)C(=O)NCCN(C(C)C)C(C)C. The van der Waals surface area contributed by atoms with Crippen LogP contribution < -0.4 is 10.0 Å². The lowest BCUT2D eigenvalue weighted by Crippen LogP contribution is -2.44. The smallest absolute Gasteiger partial charge is 0.263 e. The molecule has 1 heterocycles. The van der Waals surface area contributed by atoms with Gasteiger partial charge < -0.3 is 5.32 Å². The van der Waals surface area contributed by atoms with E-state index in [0.717, 1.165) is 19.4 Å². The number of aliphatic imine (C=N–C) groups is 1. The Hall–Kier alpha value is -1.93. The van der Waals surface area contributed by atoms with E-state index in [0.29, 0.717) is 30.6 Å². The predicted molar refractivity (Wildman–Crippen MR) is 117 cm³/mol. The summed E-state index contributed by atoms with van der Waals surface area (Å²) in [4.78, 5) is 19.9. The van der Waals surface area contributed by atoms with Gasteiger partial charge >= 0.3 is 0 Å². The molecule has 1 amide bonds. The number of nitrogens with one attached hydrogen (secondary N) is 2. The Morgan fingerprint density at radius 1 is 1.17 bits per heavy atom. The average molecular weight is 423 g/mol. The van der Waals surface area contributed by atoms with E-state index in [1.54, 1.807) is 24.3 Å². The molecule has 2 rings (SSSR count). The lowest BCUT2D eigenvalue weighted by atomic mass is 10.1. The molecule has 0 spiro atoms. The molecule has 1 aliphatic heterocycles. The second-order valence-corrected chi connectivity index (χ2v) is 9.60. The third-order valence-corrected chi connectivity index (χ3v) is 6.47. The molecule has 162 valence electrons. The molecule has 0 unspecified atom stereocenters. The number of sulfonamides is 1. The minimum atomic E-state index is -3.61. The average Bonchev–Trinajstić information content (AvgIpc) is 2.92. The van der Waals surface area contributed by atoms with Crippen LogP contribution in [0.25, 0.3) is 0 Å². The summed E-state index contributed by atoms with van der Waals surface area (Å²) >= 11 is 0. The Kier molecular flexibility index (Phi) is 8.22. The van der Waals surface area contributed by atoms with E-state index in [9.17, 15) is 13.2 Å². The molecule has 0 fully saturated rings. The number of fused-ring (bicyclic) bond motifs is 1. The number of rotatable bonds is 10. The van der Waals surface area contributed by atoms with Crippen LogP contribution in [0.4, 0.5) is 0 Å². The van der Waals surface area contributed by atoms with Crippen LogP contribution in [-0.4, -0.2) is 56.3 Å². The zero-order valence-electron chi connectivity index (χ0n) is 18.1. The molecule has 1 aromatic rings. The molecule has 0 aromatic heterocycles. The molecule has 29 heavy (non-hydrogen) atoms. The van der Waals surface area contributed by atoms with Crippen LogP contribution in [0.1, 0.15) is 59.4 Å². The minimum Gasteiger partial charge on any atom is -0.353 e. The van der Waals surface area contributed by atoms with E-state index >= 15 is 0 Å². The van der Waals surface area contributed by atoms with Crippen LogP contribution in [0.15, 0.2) is 34.2 Å². The number of nitrogens with zero attached hydrogens (tertiary/aromatic N) is 2.